The first-order chi connectivity index (χ1) is 7.28. The molecular weight excluding hydrogens is 200 g/mol. The molecule has 1 aliphatic rings. The zero-order valence-electron chi connectivity index (χ0n) is 11.8. The maximum Gasteiger partial charge on any atom is 0.0477 e. The maximum atomic E-state index is 5.18. The number of hydrogen-bond donors (Lipinski definition) is 1. The summed E-state index contributed by atoms with van der Waals surface area (Å²) >= 11 is 0. The summed E-state index contributed by atoms with van der Waals surface area (Å²) in [5, 5.41) is 3.62. The van der Waals surface area contributed by atoms with Gasteiger partial charge in [0.1, 0.15) is 0 Å². The fourth-order valence-electron chi connectivity index (χ4n) is 2.45. The number of nitrogens with one attached hydrogen (secondary N) is 1. The molecular formula is C13H28N2O. The summed E-state index contributed by atoms with van der Waals surface area (Å²) in [5.41, 5.74) is 0.458. The van der Waals surface area contributed by atoms with Crippen molar-refractivity contribution in [3.8, 4) is 0 Å². The Hall–Kier alpha value is -0.120. The summed E-state index contributed by atoms with van der Waals surface area (Å²) in [6, 6.07) is 0.580. The molecule has 0 spiro atoms. The average Bonchev–Trinajstić information content (AvgIpc) is 2.19. The van der Waals surface area contributed by atoms with Crippen molar-refractivity contribution in [3.05, 3.63) is 0 Å². The highest BCUT2D eigenvalue weighted by Gasteiger charge is 2.39. The van der Waals surface area contributed by atoms with Gasteiger partial charge in [0.05, 0.1) is 0 Å². The molecule has 0 aromatic heterocycles. The molecule has 16 heavy (non-hydrogen) atoms. The Balaban J connectivity index is 2.65. The van der Waals surface area contributed by atoms with Crippen LogP contribution in [0.2, 0.25) is 0 Å². The lowest BCUT2D eigenvalue weighted by atomic mass is 9.89. The summed E-state index contributed by atoms with van der Waals surface area (Å²) in [4.78, 5) is 2.61. The van der Waals surface area contributed by atoms with E-state index < -0.39 is 0 Å². The Bertz CT molecular complexity index is 226. The van der Waals surface area contributed by atoms with E-state index in [0.717, 1.165) is 26.1 Å². The van der Waals surface area contributed by atoms with Gasteiger partial charge in [-0.25, -0.2) is 0 Å². The first-order valence-electron chi connectivity index (χ1n) is 6.29. The number of piperazine rings is 1. The molecule has 0 radical (unpaired) electrons. The highest BCUT2D eigenvalue weighted by atomic mass is 16.5. The van der Waals surface area contributed by atoms with E-state index in [0.29, 0.717) is 6.04 Å². The second-order valence-corrected chi connectivity index (χ2v) is 6.31. The van der Waals surface area contributed by atoms with Crippen LogP contribution in [0.3, 0.4) is 0 Å². The van der Waals surface area contributed by atoms with Crippen LogP contribution >= 0.6 is 0 Å². The van der Waals surface area contributed by atoms with Crippen molar-refractivity contribution in [2.75, 3.05) is 26.8 Å². The van der Waals surface area contributed by atoms with E-state index in [1.165, 1.54) is 0 Å². The Morgan fingerprint density at radius 2 is 1.94 bits per heavy atom. The van der Waals surface area contributed by atoms with Gasteiger partial charge in [-0.1, -0.05) is 0 Å². The molecule has 1 N–H and O–H groups in total. The lowest BCUT2D eigenvalue weighted by molar-refractivity contribution is -0.00124. The van der Waals surface area contributed by atoms with Crippen LogP contribution < -0.4 is 5.32 Å². The second kappa shape index (κ2) is 5.03. The van der Waals surface area contributed by atoms with E-state index >= 15 is 0 Å². The number of ether oxygens (including phenoxy) is 1. The van der Waals surface area contributed by atoms with E-state index in [4.69, 9.17) is 4.74 Å². The van der Waals surface area contributed by atoms with Gasteiger partial charge in [-0.3, -0.25) is 4.90 Å². The second-order valence-electron chi connectivity index (χ2n) is 6.31. The molecule has 0 bridgehead atoms. The van der Waals surface area contributed by atoms with E-state index in [2.05, 4.69) is 44.8 Å². The average molecular weight is 228 g/mol. The normalized spacial score (nSPS) is 26.6. The fraction of sp³-hybridized carbons (Fsp3) is 1.00. The van der Waals surface area contributed by atoms with E-state index in [9.17, 15) is 0 Å². The van der Waals surface area contributed by atoms with Crippen LogP contribution in [0.5, 0.6) is 0 Å². The zero-order valence-corrected chi connectivity index (χ0v) is 11.8. The van der Waals surface area contributed by atoms with Crippen molar-refractivity contribution < 1.29 is 4.74 Å². The van der Waals surface area contributed by atoms with Gasteiger partial charge in [0, 0.05) is 43.9 Å². The van der Waals surface area contributed by atoms with Crippen LogP contribution in [0, 0.1) is 0 Å². The maximum absolute atomic E-state index is 5.18. The summed E-state index contributed by atoms with van der Waals surface area (Å²) < 4.78 is 5.18. The monoisotopic (exact) mass is 228 g/mol. The SMILES string of the molecule is COCCC(C)N1CC(C)(C)NCC1(C)C. The molecule has 3 nitrogen and oxygen atoms in total. The first-order valence-corrected chi connectivity index (χ1v) is 6.29. The van der Waals surface area contributed by atoms with Crippen molar-refractivity contribution in [1.82, 2.24) is 10.2 Å². The zero-order chi connectivity index (χ0) is 12.4. The summed E-state index contributed by atoms with van der Waals surface area (Å²) in [6.07, 6.45) is 1.11. The van der Waals surface area contributed by atoms with Crippen molar-refractivity contribution in [3.63, 3.8) is 0 Å². The third-order valence-electron chi connectivity index (χ3n) is 3.61. The Labute approximate surface area is 101 Å². The molecule has 1 atom stereocenters. The highest BCUT2D eigenvalue weighted by Crippen LogP contribution is 2.26. The topological polar surface area (TPSA) is 24.5 Å². The molecule has 0 saturated carbocycles. The van der Waals surface area contributed by atoms with Gasteiger partial charge in [-0.15, -0.1) is 0 Å². The van der Waals surface area contributed by atoms with Crippen LogP contribution in [0.1, 0.15) is 41.0 Å². The molecule has 1 heterocycles. The largest absolute Gasteiger partial charge is 0.385 e. The molecule has 0 aliphatic carbocycles. The molecule has 1 rings (SSSR count). The molecule has 3 heteroatoms. The molecule has 1 fully saturated rings. The Morgan fingerprint density at radius 3 is 2.50 bits per heavy atom. The van der Waals surface area contributed by atoms with E-state index in [-0.39, 0.29) is 11.1 Å². The number of nitrogens with zero attached hydrogens (tertiary/aromatic N) is 1. The summed E-state index contributed by atoms with van der Waals surface area (Å²) in [5.74, 6) is 0. The molecule has 96 valence electrons. The third-order valence-corrected chi connectivity index (χ3v) is 3.61. The lowest BCUT2D eigenvalue weighted by Crippen LogP contribution is -2.67. The van der Waals surface area contributed by atoms with E-state index in [1.54, 1.807) is 7.11 Å². The Kier molecular flexibility index (Phi) is 4.38. The van der Waals surface area contributed by atoms with Gasteiger partial charge in [-0.2, -0.15) is 0 Å². The van der Waals surface area contributed by atoms with Gasteiger partial charge >= 0.3 is 0 Å². The smallest absolute Gasteiger partial charge is 0.0477 e. The van der Waals surface area contributed by atoms with Crippen LogP contribution in [0.25, 0.3) is 0 Å². The van der Waals surface area contributed by atoms with Crippen LogP contribution in [0.15, 0.2) is 0 Å². The van der Waals surface area contributed by atoms with Crippen molar-refractivity contribution in [2.45, 2.75) is 58.2 Å². The first kappa shape index (κ1) is 13.9. The standard InChI is InChI=1S/C13H28N2O/c1-11(7-8-16-6)15-10-12(2,3)14-9-13(15,4)5/h11,14H,7-10H2,1-6H3. The van der Waals surface area contributed by atoms with Crippen LogP contribution in [-0.2, 0) is 4.74 Å². The number of rotatable bonds is 4. The molecule has 0 aromatic carbocycles. The summed E-state index contributed by atoms with van der Waals surface area (Å²) in [6.45, 7) is 14.5. The number of hydrogen-bond acceptors (Lipinski definition) is 3. The third kappa shape index (κ3) is 3.44. The van der Waals surface area contributed by atoms with Gasteiger partial charge in [0.15, 0.2) is 0 Å². The van der Waals surface area contributed by atoms with Crippen LogP contribution in [-0.4, -0.2) is 48.8 Å². The predicted molar refractivity (Wildman–Crippen MR) is 68.8 cm³/mol. The molecule has 0 aromatic rings. The molecule has 0 amide bonds. The fourth-order valence-corrected chi connectivity index (χ4v) is 2.45. The van der Waals surface area contributed by atoms with Crippen molar-refractivity contribution >= 4 is 0 Å². The minimum absolute atomic E-state index is 0.219. The van der Waals surface area contributed by atoms with Crippen molar-refractivity contribution in [1.29, 1.82) is 0 Å². The van der Waals surface area contributed by atoms with E-state index in [1.807, 2.05) is 0 Å². The summed E-state index contributed by atoms with van der Waals surface area (Å²) in [7, 11) is 1.78. The van der Waals surface area contributed by atoms with Crippen molar-refractivity contribution in [2.24, 2.45) is 0 Å². The van der Waals surface area contributed by atoms with Gasteiger partial charge < -0.3 is 10.1 Å². The van der Waals surface area contributed by atoms with Gasteiger partial charge in [0.2, 0.25) is 0 Å². The number of methoxy groups -OCH3 is 1. The minimum atomic E-state index is 0.219. The highest BCUT2D eigenvalue weighted by molar-refractivity contribution is 4.99. The lowest BCUT2D eigenvalue weighted by Gasteiger charge is -2.52. The minimum Gasteiger partial charge on any atom is -0.385 e. The molecule has 1 aliphatic heterocycles. The van der Waals surface area contributed by atoms with Gasteiger partial charge in [-0.05, 0) is 41.0 Å². The van der Waals surface area contributed by atoms with Gasteiger partial charge in [0.25, 0.3) is 0 Å². The van der Waals surface area contributed by atoms with Crippen LogP contribution in [0.4, 0.5) is 0 Å². The Morgan fingerprint density at radius 1 is 1.31 bits per heavy atom. The quantitative estimate of drug-likeness (QED) is 0.795. The molecule has 1 saturated heterocycles. The predicted octanol–water partition coefficient (Wildman–Crippen LogP) is 1.87. The molecule has 1 unspecified atom stereocenters.